The van der Waals surface area contributed by atoms with Crippen molar-refractivity contribution in [2.24, 2.45) is 0 Å². The van der Waals surface area contributed by atoms with Gasteiger partial charge < -0.3 is 10.1 Å². The van der Waals surface area contributed by atoms with Crippen molar-refractivity contribution in [3.63, 3.8) is 0 Å². The molecule has 1 unspecified atom stereocenters. The zero-order valence-electron chi connectivity index (χ0n) is 11.7. The molecule has 0 amide bonds. The molecule has 0 saturated heterocycles. The van der Waals surface area contributed by atoms with Gasteiger partial charge in [0.05, 0.1) is 6.10 Å². The van der Waals surface area contributed by atoms with Crippen LogP contribution in [0.25, 0.3) is 0 Å². The lowest BCUT2D eigenvalue weighted by Gasteiger charge is -2.18. The fourth-order valence-electron chi connectivity index (χ4n) is 1.73. The minimum atomic E-state index is 0.253. The smallest absolute Gasteiger partial charge is 0.122 e. The van der Waals surface area contributed by atoms with Crippen LogP contribution < -0.4 is 10.1 Å². The van der Waals surface area contributed by atoms with Gasteiger partial charge in [0.2, 0.25) is 0 Å². The lowest BCUT2D eigenvalue weighted by molar-refractivity contribution is 0.209. The van der Waals surface area contributed by atoms with Gasteiger partial charge in [-0.25, -0.2) is 0 Å². The zero-order chi connectivity index (χ0) is 12.8. The number of benzene rings is 1. The lowest BCUT2D eigenvalue weighted by Crippen LogP contribution is -2.19. The minimum Gasteiger partial charge on any atom is -0.490 e. The molecular formula is C15H25NO. The lowest BCUT2D eigenvalue weighted by atomic mass is 10.0. The van der Waals surface area contributed by atoms with E-state index in [1.807, 2.05) is 7.05 Å². The van der Waals surface area contributed by atoms with Crippen LogP contribution in [0.4, 0.5) is 0 Å². The molecule has 0 saturated carbocycles. The van der Waals surface area contributed by atoms with Crippen molar-refractivity contribution in [1.82, 2.24) is 5.32 Å². The summed E-state index contributed by atoms with van der Waals surface area (Å²) >= 11 is 0. The molecule has 2 nitrogen and oxygen atoms in total. The fourth-order valence-corrected chi connectivity index (χ4v) is 1.73. The Morgan fingerprint density at radius 2 is 1.94 bits per heavy atom. The molecule has 0 heterocycles. The first-order valence-corrected chi connectivity index (χ1v) is 6.46. The molecule has 2 heteroatoms. The number of ether oxygens (including phenoxy) is 1. The molecule has 17 heavy (non-hydrogen) atoms. The third-order valence-electron chi connectivity index (χ3n) is 3.01. The van der Waals surface area contributed by atoms with Crippen LogP contribution in [0.3, 0.4) is 0 Å². The first-order valence-electron chi connectivity index (χ1n) is 6.46. The Morgan fingerprint density at radius 1 is 1.24 bits per heavy atom. The van der Waals surface area contributed by atoms with Crippen LogP contribution in [0.2, 0.25) is 0 Å². The van der Waals surface area contributed by atoms with Crippen LogP contribution in [-0.2, 0) is 0 Å². The van der Waals surface area contributed by atoms with Gasteiger partial charge in [-0.05, 0) is 57.0 Å². The van der Waals surface area contributed by atoms with Gasteiger partial charge >= 0.3 is 0 Å². The molecule has 0 aliphatic heterocycles. The third kappa shape index (κ3) is 4.39. The number of rotatable bonds is 6. The predicted octanol–water partition coefficient (Wildman–Crippen LogP) is 3.50. The first-order chi connectivity index (χ1) is 8.04. The van der Waals surface area contributed by atoms with E-state index in [1.54, 1.807) is 0 Å². The second-order valence-electron chi connectivity index (χ2n) is 5.00. The van der Waals surface area contributed by atoms with Crippen LogP contribution >= 0.6 is 0 Å². The zero-order valence-corrected chi connectivity index (χ0v) is 11.7. The van der Waals surface area contributed by atoms with Crippen molar-refractivity contribution in [2.45, 2.75) is 46.1 Å². The Hall–Kier alpha value is -1.02. The van der Waals surface area contributed by atoms with Gasteiger partial charge in [-0.1, -0.05) is 26.0 Å². The predicted molar refractivity (Wildman–Crippen MR) is 73.9 cm³/mol. The Kier molecular flexibility index (Phi) is 5.49. The molecule has 0 aromatic heterocycles. The van der Waals surface area contributed by atoms with Crippen LogP contribution in [0, 0.1) is 6.92 Å². The molecule has 1 aromatic rings. The van der Waals surface area contributed by atoms with E-state index in [9.17, 15) is 0 Å². The maximum Gasteiger partial charge on any atom is 0.122 e. The average Bonchev–Trinajstić information content (AvgIpc) is 2.29. The van der Waals surface area contributed by atoms with E-state index in [-0.39, 0.29) is 6.10 Å². The van der Waals surface area contributed by atoms with Gasteiger partial charge in [-0.15, -0.1) is 0 Å². The molecule has 0 aliphatic rings. The molecule has 0 fully saturated rings. The number of hydrogen-bond acceptors (Lipinski definition) is 2. The number of hydrogen-bond donors (Lipinski definition) is 1. The first kappa shape index (κ1) is 14.0. The van der Waals surface area contributed by atoms with Crippen LogP contribution in [-0.4, -0.2) is 19.7 Å². The number of aryl methyl sites for hydroxylation is 1. The summed E-state index contributed by atoms with van der Waals surface area (Å²) < 4.78 is 6.00. The molecule has 96 valence electrons. The van der Waals surface area contributed by atoms with E-state index in [1.165, 1.54) is 11.1 Å². The van der Waals surface area contributed by atoms with Crippen molar-refractivity contribution in [3.05, 3.63) is 29.3 Å². The summed E-state index contributed by atoms with van der Waals surface area (Å²) in [6.07, 6.45) is 1.28. The molecule has 0 bridgehead atoms. The van der Waals surface area contributed by atoms with Gasteiger partial charge in [0.15, 0.2) is 0 Å². The van der Waals surface area contributed by atoms with Gasteiger partial charge in [0.25, 0.3) is 0 Å². The van der Waals surface area contributed by atoms with Crippen molar-refractivity contribution < 1.29 is 4.74 Å². The molecule has 1 rings (SSSR count). The molecule has 0 aliphatic carbocycles. The largest absolute Gasteiger partial charge is 0.490 e. The highest BCUT2D eigenvalue weighted by Gasteiger charge is 2.08. The normalized spacial score (nSPS) is 12.8. The summed E-state index contributed by atoms with van der Waals surface area (Å²) in [6.45, 7) is 9.63. The van der Waals surface area contributed by atoms with Crippen molar-refractivity contribution in [2.75, 3.05) is 13.6 Å². The summed E-state index contributed by atoms with van der Waals surface area (Å²) in [4.78, 5) is 0. The minimum absolute atomic E-state index is 0.253. The Balaban J connectivity index is 2.72. The SMILES string of the molecule is CNCCC(C)Oc1cc(C(C)C)ccc1C. The Bertz CT molecular complexity index is 347. The summed E-state index contributed by atoms with van der Waals surface area (Å²) in [7, 11) is 1.97. The van der Waals surface area contributed by atoms with E-state index in [4.69, 9.17) is 4.74 Å². The Labute approximate surface area is 105 Å². The molecule has 1 N–H and O–H groups in total. The molecular weight excluding hydrogens is 210 g/mol. The molecule has 0 spiro atoms. The van der Waals surface area contributed by atoms with Crippen LogP contribution in [0.15, 0.2) is 18.2 Å². The van der Waals surface area contributed by atoms with Crippen LogP contribution in [0.5, 0.6) is 5.75 Å². The van der Waals surface area contributed by atoms with Gasteiger partial charge in [-0.3, -0.25) is 0 Å². The summed E-state index contributed by atoms with van der Waals surface area (Å²) in [5.41, 5.74) is 2.55. The van der Waals surface area contributed by atoms with E-state index >= 15 is 0 Å². The van der Waals surface area contributed by atoms with E-state index in [0.717, 1.165) is 18.7 Å². The average molecular weight is 235 g/mol. The highest BCUT2D eigenvalue weighted by molar-refractivity contribution is 5.37. The highest BCUT2D eigenvalue weighted by atomic mass is 16.5. The van der Waals surface area contributed by atoms with Gasteiger partial charge in [-0.2, -0.15) is 0 Å². The van der Waals surface area contributed by atoms with E-state index < -0.39 is 0 Å². The monoisotopic (exact) mass is 235 g/mol. The quantitative estimate of drug-likeness (QED) is 0.815. The highest BCUT2D eigenvalue weighted by Crippen LogP contribution is 2.25. The molecule has 1 aromatic carbocycles. The second-order valence-corrected chi connectivity index (χ2v) is 5.00. The standard InChI is InChI=1S/C15H25NO/c1-11(2)14-7-6-12(3)15(10-14)17-13(4)8-9-16-5/h6-7,10-11,13,16H,8-9H2,1-5H3. The van der Waals surface area contributed by atoms with Gasteiger partial charge in [0, 0.05) is 0 Å². The van der Waals surface area contributed by atoms with Crippen molar-refractivity contribution >= 4 is 0 Å². The maximum absolute atomic E-state index is 6.00. The third-order valence-corrected chi connectivity index (χ3v) is 3.01. The van der Waals surface area contributed by atoms with E-state index in [2.05, 4.69) is 51.2 Å². The topological polar surface area (TPSA) is 21.3 Å². The summed E-state index contributed by atoms with van der Waals surface area (Å²) in [5.74, 6) is 1.57. The summed E-state index contributed by atoms with van der Waals surface area (Å²) in [6, 6.07) is 6.51. The maximum atomic E-state index is 6.00. The van der Waals surface area contributed by atoms with Gasteiger partial charge in [0.1, 0.15) is 5.75 Å². The van der Waals surface area contributed by atoms with Crippen molar-refractivity contribution in [3.8, 4) is 5.75 Å². The van der Waals surface area contributed by atoms with Crippen molar-refractivity contribution in [1.29, 1.82) is 0 Å². The fraction of sp³-hybridized carbons (Fsp3) is 0.600. The molecule has 1 atom stereocenters. The summed E-state index contributed by atoms with van der Waals surface area (Å²) in [5, 5.41) is 3.15. The second kappa shape index (κ2) is 6.65. The Morgan fingerprint density at radius 3 is 2.53 bits per heavy atom. The van der Waals surface area contributed by atoms with E-state index in [0.29, 0.717) is 5.92 Å². The number of nitrogens with one attached hydrogen (secondary N) is 1. The van der Waals surface area contributed by atoms with Crippen LogP contribution in [0.1, 0.15) is 44.2 Å². The molecule has 0 radical (unpaired) electrons.